The van der Waals surface area contributed by atoms with Gasteiger partial charge in [0.1, 0.15) is 0 Å². The molecule has 0 amide bonds. The molecule has 0 aromatic rings. The zero-order valence-corrected chi connectivity index (χ0v) is 9.00. The molecule has 0 bridgehead atoms. The van der Waals surface area contributed by atoms with Crippen LogP contribution in [0.15, 0.2) is 36.4 Å². The van der Waals surface area contributed by atoms with E-state index in [1.54, 1.807) is 0 Å². The van der Waals surface area contributed by atoms with Crippen molar-refractivity contribution in [2.75, 3.05) is 0 Å². The first-order valence-electron chi connectivity index (χ1n) is 3.93. The predicted molar refractivity (Wildman–Crippen MR) is 60.5 cm³/mol. The molecule has 0 aliphatic heterocycles. The Morgan fingerprint density at radius 3 is 2.67 bits per heavy atom. The fourth-order valence-corrected chi connectivity index (χ4v) is 2.03. The molecule has 0 N–H and O–H groups in total. The summed E-state index contributed by atoms with van der Waals surface area (Å²) < 4.78 is 1.36. The van der Waals surface area contributed by atoms with Crippen LogP contribution in [0.4, 0.5) is 0 Å². The quantitative estimate of drug-likeness (QED) is 0.639. The van der Waals surface area contributed by atoms with E-state index in [4.69, 9.17) is 0 Å². The van der Waals surface area contributed by atoms with Crippen LogP contribution in [0.1, 0.15) is 5.56 Å². The normalized spacial score (nSPS) is 10.5. The molecule has 0 nitrogen and oxygen atoms in total. The van der Waals surface area contributed by atoms with Crippen LogP contribution in [0.3, 0.4) is 0 Å². The molecule has 0 fully saturated rings. The second-order valence-corrected chi connectivity index (χ2v) is 4.06. The average molecular weight is 268 g/mol. The van der Waals surface area contributed by atoms with Gasteiger partial charge in [-0.1, -0.05) is 30.3 Å². The van der Waals surface area contributed by atoms with Crippen molar-refractivity contribution in [3.05, 3.63) is 45.5 Å². The maximum atomic E-state index is 2.38. The second kappa shape index (κ2) is 3.05. The molecule has 0 atom stereocenters. The highest BCUT2D eigenvalue weighted by molar-refractivity contribution is 14.1. The first-order chi connectivity index (χ1) is 5.79. The van der Waals surface area contributed by atoms with Crippen molar-refractivity contribution in [1.29, 1.82) is 0 Å². The lowest BCUT2D eigenvalue weighted by Crippen LogP contribution is -1.70. The Bertz CT molecular complexity index is 379. The van der Waals surface area contributed by atoms with Crippen molar-refractivity contribution in [2.24, 2.45) is 0 Å². The van der Waals surface area contributed by atoms with Gasteiger partial charge in [-0.05, 0) is 52.3 Å². The summed E-state index contributed by atoms with van der Waals surface area (Å²) in [5.41, 5.74) is 4.09. The number of fused-ring (bicyclic) bond motifs is 1. The molecule has 0 saturated carbocycles. The van der Waals surface area contributed by atoms with Gasteiger partial charge in [0, 0.05) is 3.57 Å². The minimum absolute atomic E-state index is 1.34. The van der Waals surface area contributed by atoms with Gasteiger partial charge in [-0.15, -0.1) is 0 Å². The first-order valence-corrected chi connectivity index (χ1v) is 5.01. The van der Waals surface area contributed by atoms with Crippen molar-refractivity contribution in [3.63, 3.8) is 0 Å². The van der Waals surface area contributed by atoms with E-state index >= 15 is 0 Å². The lowest BCUT2D eigenvalue weighted by molar-refractivity contribution is 1.51. The largest absolute Gasteiger partial charge is 0.0622 e. The minimum atomic E-state index is 1.34. The van der Waals surface area contributed by atoms with Crippen LogP contribution < -0.4 is 0 Å². The molecule has 0 radical (unpaired) electrons. The van der Waals surface area contributed by atoms with Crippen molar-refractivity contribution in [2.45, 2.75) is 6.92 Å². The van der Waals surface area contributed by atoms with Crippen LogP contribution >= 0.6 is 22.6 Å². The van der Waals surface area contributed by atoms with Gasteiger partial charge in [0.15, 0.2) is 0 Å². The van der Waals surface area contributed by atoms with Gasteiger partial charge in [-0.25, -0.2) is 0 Å². The highest BCUT2D eigenvalue weighted by atomic mass is 127. The summed E-state index contributed by atoms with van der Waals surface area (Å²) in [6.45, 7) is 2.17. The maximum absolute atomic E-state index is 2.38. The molecule has 1 heteroatoms. The molecule has 2 rings (SSSR count). The van der Waals surface area contributed by atoms with Crippen molar-refractivity contribution in [1.82, 2.24) is 0 Å². The van der Waals surface area contributed by atoms with Gasteiger partial charge in [0.25, 0.3) is 0 Å². The van der Waals surface area contributed by atoms with Gasteiger partial charge in [0.05, 0.1) is 0 Å². The Labute approximate surface area is 86.1 Å². The van der Waals surface area contributed by atoms with E-state index in [0.29, 0.717) is 0 Å². The summed E-state index contributed by atoms with van der Waals surface area (Å²) in [6.07, 6.45) is 0. The van der Waals surface area contributed by atoms with Crippen LogP contribution in [0.5, 0.6) is 0 Å². The Balaban J connectivity index is 2.79. The zero-order valence-electron chi connectivity index (χ0n) is 6.84. The Morgan fingerprint density at radius 2 is 1.83 bits per heavy atom. The lowest BCUT2D eigenvalue weighted by Gasteiger charge is -1.92. The topological polar surface area (TPSA) is 0 Å². The van der Waals surface area contributed by atoms with E-state index in [0.717, 1.165) is 0 Å². The molecular formula is C11H9I. The molecule has 0 saturated heterocycles. The van der Waals surface area contributed by atoms with E-state index in [-0.39, 0.29) is 0 Å². The van der Waals surface area contributed by atoms with E-state index in [1.165, 1.54) is 20.3 Å². The van der Waals surface area contributed by atoms with Crippen LogP contribution in [0.25, 0.3) is 11.1 Å². The maximum Gasteiger partial charge on any atom is 0.0171 e. The van der Waals surface area contributed by atoms with Crippen LogP contribution in [0, 0.1) is 10.5 Å². The van der Waals surface area contributed by atoms with Crippen molar-refractivity contribution < 1.29 is 0 Å². The standard InChI is InChI=1S/C11H9I/c1-8-10-6-4-2-3-5-9(10)7-11(8)12/h2-7H,1H3. The average Bonchev–Trinajstić information content (AvgIpc) is 2.30. The van der Waals surface area contributed by atoms with Crippen molar-refractivity contribution >= 4 is 22.6 Å². The number of rotatable bonds is 0. The summed E-state index contributed by atoms with van der Waals surface area (Å²) in [5.74, 6) is 0. The van der Waals surface area contributed by atoms with Gasteiger partial charge < -0.3 is 0 Å². The van der Waals surface area contributed by atoms with Gasteiger partial charge in [-0.3, -0.25) is 0 Å². The monoisotopic (exact) mass is 268 g/mol. The Hall–Kier alpha value is -0.570. The molecule has 0 aromatic heterocycles. The summed E-state index contributed by atoms with van der Waals surface area (Å²) in [5, 5.41) is 0. The first kappa shape index (κ1) is 8.05. The van der Waals surface area contributed by atoms with E-state index < -0.39 is 0 Å². The molecule has 0 unspecified atom stereocenters. The van der Waals surface area contributed by atoms with Gasteiger partial charge in [-0.2, -0.15) is 0 Å². The molecule has 0 aromatic carbocycles. The van der Waals surface area contributed by atoms with E-state index in [1.807, 2.05) is 0 Å². The fourth-order valence-electron chi connectivity index (χ4n) is 1.40. The predicted octanol–water partition coefficient (Wildman–Crippen LogP) is 3.70. The van der Waals surface area contributed by atoms with Crippen LogP contribution in [-0.2, 0) is 0 Å². The summed E-state index contributed by atoms with van der Waals surface area (Å²) in [4.78, 5) is 0. The SMILES string of the molecule is Cc1c(I)cc2cccccc1-2. The van der Waals surface area contributed by atoms with E-state index in [2.05, 4.69) is 65.9 Å². The zero-order chi connectivity index (χ0) is 8.55. The third-order valence-corrected chi connectivity index (χ3v) is 3.24. The Kier molecular flexibility index (Phi) is 2.05. The molecule has 2 aliphatic carbocycles. The second-order valence-electron chi connectivity index (χ2n) is 2.90. The number of hydrogen-bond donors (Lipinski definition) is 0. The molecule has 12 heavy (non-hydrogen) atoms. The lowest BCUT2D eigenvalue weighted by atomic mass is 10.1. The highest BCUT2D eigenvalue weighted by Gasteiger charge is 2.07. The highest BCUT2D eigenvalue weighted by Crippen LogP contribution is 2.30. The summed E-state index contributed by atoms with van der Waals surface area (Å²) in [6, 6.07) is 12.8. The molecular weight excluding hydrogens is 259 g/mol. The third-order valence-electron chi connectivity index (χ3n) is 2.12. The molecule has 60 valence electrons. The van der Waals surface area contributed by atoms with Crippen LogP contribution in [-0.4, -0.2) is 0 Å². The van der Waals surface area contributed by atoms with Crippen LogP contribution in [0.2, 0.25) is 0 Å². The minimum Gasteiger partial charge on any atom is -0.0622 e. The number of halogens is 1. The summed E-state index contributed by atoms with van der Waals surface area (Å²) >= 11 is 2.38. The third kappa shape index (κ3) is 1.22. The number of hydrogen-bond acceptors (Lipinski definition) is 0. The smallest absolute Gasteiger partial charge is 0.0171 e. The van der Waals surface area contributed by atoms with Gasteiger partial charge >= 0.3 is 0 Å². The Morgan fingerprint density at radius 1 is 1.08 bits per heavy atom. The van der Waals surface area contributed by atoms with E-state index in [9.17, 15) is 0 Å². The fraction of sp³-hybridized carbons (Fsp3) is 0.0909. The van der Waals surface area contributed by atoms with Gasteiger partial charge in [0.2, 0.25) is 0 Å². The van der Waals surface area contributed by atoms with Crippen molar-refractivity contribution in [3.8, 4) is 11.1 Å². The molecule has 2 aliphatic rings. The summed E-state index contributed by atoms with van der Waals surface area (Å²) in [7, 11) is 0. The molecule has 0 heterocycles. The molecule has 0 spiro atoms.